The van der Waals surface area contributed by atoms with Gasteiger partial charge in [0.25, 0.3) is 0 Å². The Morgan fingerprint density at radius 3 is 2.88 bits per heavy atom. The Labute approximate surface area is 97.4 Å². The van der Waals surface area contributed by atoms with Gasteiger partial charge in [0.15, 0.2) is 0 Å². The number of fused-ring (bicyclic) bond motifs is 1. The second kappa shape index (κ2) is 3.61. The van der Waals surface area contributed by atoms with Crippen LogP contribution in [-0.2, 0) is 18.0 Å². The van der Waals surface area contributed by atoms with E-state index in [4.69, 9.17) is 20.1 Å². The van der Waals surface area contributed by atoms with E-state index in [1.165, 1.54) is 5.56 Å². The SMILES string of the molecule is N#Cc1nc(-c2ccc3c(c2)COC3)oc1N. The highest BCUT2D eigenvalue weighted by molar-refractivity contribution is 5.59. The van der Waals surface area contributed by atoms with Gasteiger partial charge in [-0.15, -0.1) is 0 Å². The lowest BCUT2D eigenvalue weighted by Crippen LogP contribution is -1.85. The number of benzene rings is 1. The Kier molecular flexibility index (Phi) is 2.10. The molecule has 1 aliphatic heterocycles. The van der Waals surface area contributed by atoms with E-state index in [1.54, 1.807) is 0 Å². The fourth-order valence-electron chi connectivity index (χ4n) is 1.84. The molecule has 1 aliphatic rings. The third-order valence-electron chi connectivity index (χ3n) is 2.73. The number of nitrogens with zero attached hydrogens (tertiary/aromatic N) is 2. The van der Waals surface area contributed by atoms with E-state index < -0.39 is 0 Å². The topological polar surface area (TPSA) is 85.1 Å². The molecule has 0 bridgehead atoms. The molecule has 3 rings (SSSR count). The lowest BCUT2D eigenvalue weighted by molar-refractivity contribution is 0.134. The molecule has 1 aromatic carbocycles. The first kappa shape index (κ1) is 9.87. The molecule has 0 fully saturated rings. The number of nitriles is 1. The molecule has 17 heavy (non-hydrogen) atoms. The maximum Gasteiger partial charge on any atom is 0.230 e. The summed E-state index contributed by atoms with van der Waals surface area (Å²) in [4.78, 5) is 4.03. The molecular weight excluding hydrogens is 218 g/mol. The molecule has 0 unspecified atom stereocenters. The first-order valence-corrected chi connectivity index (χ1v) is 5.14. The number of anilines is 1. The van der Waals surface area contributed by atoms with Crippen LogP contribution >= 0.6 is 0 Å². The van der Waals surface area contributed by atoms with Crippen molar-refractivity contribution in [3.8, 4) is 17.5 Å². The van der Waals surface area contributed by atoms with Gasteiger partial charge in [-0.3, -0.25) is 0 Å². The fraction of sp³-hybridized carbons (Fsp3) is 0.167. The number of hydrogen-bond acceptors (Lipinski definition) is 5. The van der Waals surface area contributed by atoms with Gasteiger partial charge in [0.1, 0.15) is 6.07 Å². The molecule has 1 aromatic heterocycles. The zero-order valence-electron chi connectivity index (χ0n) is 8.93. The smallest absolute Gasteiger partial charge is 0.230 e. The van der Waals surface area contributed by atoms with Crippen molar-refractivity contribution in [2.75, 3.05) is 5.73 Å². The predicted molar refractivity (Wildman–Crippen MR) is 59.6 cm³/mol. The summed E-state index contributed by atoms with van der Waals surface area (Å²) in [5.74, 6) is 0.424. The van der Waals surface area contributed by atoms with Crippen LogP contribution in [-0.4, -0.2) is 4.98 Å². The van der Waals surface area contributed by atoms with Crippen LogP contribution in [0, 0.1) is 11.3 Å². The average molecular weight is 227 g/mol. The van der Waals surface area contributed by atoms with Crippen molar-refractivity contribution in [3.05, 3.63) is 35.0 Å². The van der Waals surface area contributed by atoms with Crippen molar-refractivity contribution in [3.63, 3.8) is 0 Å². The van der Waals surface area contributed by atoms with Gasteiger partial charge in [0.05, 0.1) is 13.2 Å². The van der Waals surface area contributed by atoms with Crippen molar-refractivity contribution >= 4 is 5.88 Å². The average Bonchev–Trinajstić information content (AvgIpc) is 2.93. The Morgan fingerprint density at radius 1 is 1.29 bits per heavy atom. The molecule has 0 amide bonds. The lowest BCUT2D eigenvalue weighted by atomic mass is 10.1. The summed E-state index contributed by atoms with van der Waals surface area (Å²) in [6, 6.07) is 7.70. The third-order valence-corrected chi connectivity index (χ3v) is 2.73. The number of nitrogen functional groups attached to an aromatic ring is 1. The van der Waals surface area contributed by atoms with E-state index in [-0.39, 0.29) is 11.6 Å². The summed E-state index contributed by atoms with van der Waals surface area (Å²) >= 11 is 0. The van der Waals surface area contributed by atoms with Crippen molar-refractivity contribution in [1.29, 1.82) is 5.26 Å². The van der Waals surface area contributed by atoms with Gasteiger partial charge in [-0.05, 0) is 23.3 Å². The second-order valence-corrected chi connectivity index (χ2v) is 3.82. The standard InChI is InChI=1S/C12H9N3O2/c13-4-10-11(14)17-12(15-10)7-1-2-8-5-16-6-9(8)3-7/h1-3H,5-6,14H2. The fourth-order valence-corrected chi connectivity index (χ4v) is 1.84. The van der Waals surface area contributed by atoms with Crippen molar-refractivity contribution in [1.82, 2.24) is 4.98 Å². The summed E-state index contributed by atoms with van der Waals surface area (Å²) in [6.45, 7) is 1.25. The van der Waals surface area contributed by atoms with Crippen molar-refractivity contribution in [2.45, 2.75) is 13.2 Å². The minimum atomic E-state index is 0.0549. The first-order chi connectivity index (χ1) is 8.28. The summed E-state index contributed by atoms with van der Waals surface area (Å²) in [6.07, 6.45) is 0. The van der Waals surface area contributed by atoms with E-state index in [0.717, 1.165) is 11.1 Å². The quantitative estimate of drug-likeness (QED) is 0.803. The number of rotatable bonds is 1. The van der Waals surface area contributed by atoms with Gasteiger partial charge < -0.3 is 14.9 Å². The largest absolute Gasteiger partial charge is 0.419 e. The van der Waals surface area contributed by atoms with E-state index >= 15 is 0 Å². The van der Waals surface area contributed by atoms with Crippen molar-refractivity contribution in [2.24, 2.45) is 0 Å². The molecule has 0 saturated carbocycles. The van der Waals surface area contributed by atoms with E-state index in [0.29, 0.717) is 19.1 Å². The minimum absolute atomic E-state index is 0.0549. The van der Waals surface area contributed by atoms with Crippen LogP contribution < -0.4 is 5.73 Å². The number of nitrogens with two attached hydrogens (primary N) is 1. The van der Waals surface area contributed by atoms with Crippen LogP contribution in [0.2, 0.25) is 0 Å². The molecule has 84 valence electrons. The van der Waals surface area contributed by atoms with Gasteiger partial charge in [0.2, 0.25) is 17.5 Å². The van der Waals surface area contributed by atoms with Gasteiger partial charge in [-0.1, -0.05) is 6.07 Å². The van der Waals surface area contributed by atoms with Gasteiger partial charge in [0, 0.05) is 5.56 Å². The van der Waals surface area contributed by atoms with Gasteiger partial charge in [-0.25, -0.2) is 0 Å². The Hall–Kier alpha value is -2.32. The summed E-state index contributed by atoms with van der Waals surface area (Å²) < 4.78 is 10.6. The van der Waals surface area contributed by atoms with E-state index in [1.807, 2.05) is 24.3 Å². The number of hydrogen-bond donors (Lipinski definition) is 1. The molecular formula is C12H9N3O2. The zero-order chi connectivity index (χ0) is 11.8. The molecule has 5 heteroatoms. The first-order valence-electron chi connectivity index (χ1n) is 5.14. The monoisotopic (exact) mass is 227 g/mol. The molecule has 5 nitrogen and oxygen atoms in total. The van der Waals surface area contributed by atoms with E-state index in [2.05, 4.69) is 4.98 Å². The van der Waals surface area contributed by atoms with Crippen LogP contribution in [0.4, 0.5) is 5.88 Å². The Bertz CT molecular complexity index is 625. The summed E-state index contributed by atoms with van der Waals surface area (Å²) in [7, 11) is 0. The Balaban J connectivity index is 2.07. The molecule has 2 heterocycles. The predicted octanol–water partition coefficient (Wildman–Crippen LogP) is 1.83. The highest BCUT2D eigenvalue weighted by Crippen LogP contribution is 2.28. The van der Waals surface area contributed by atoms with Gasteiger partial charge >= 0.3 is 0 Å². The Morgan fingerprint density at radius 2 is 2.12 bits per heavy atom. The molecule has 2 aromatic rings. The van der Waals surface area contributed by atoms with Crippen LogP contribution in [0.25, 0.3) is 11.5 Å². The maximum atomic E-state index is 8.76. The minimum Gasteiger partial charge on any atom is -0.419 e. The third kappa shape index (κ3) is 1.55. The van der Waals surface area contributed by atoms with Crippen LogP contribution in [0.3, 0.4) is 0 Å². The normalized spacial score (nSPS) is 13.4. The molecule has 0 radical (unpaired) electrons. The van der Waals surface area contributed by atoms with Crippen LogP contribution in [0.5, 0.6) is 0 Å². The number of oxazole rings is 1. The lowest BCUT2D eigenvalue weighted by Gasteiger charge is -1.99. The molecule has 0 aliphatic carbocycles. The molecule has 2 N–H and O–H groups in total. The summed E-state index contributed by atoms with van der Waals surface area (Å²) in [5, 5.41) is 8.76. The second-order valence-electron chi connectivity index (χ2n) is 3.82. The molecule has 0 atom stereocenters. The highest BCUT2D eigenvalue weighted by atomic mass is 16.5. The number of ether oxygens (including phenoxy) is 1. The van der Waals surface area contributed by atoms with Crippen LogP contribution in [0.15, 0.2) is 22.6 Å². The maximum absolute atomic E-state index is 8.76. The van der Waals surface area contributed by atoms with Gasteiger partial charge in [-0.2, -0.15) is 10.2 Å². The zero-order valence-corrected chi connectivity index (χ0v) is 8.93. The van der Waals surface area contributed by atoms with E-state index in [9.17, 15) is 0 Å². The van der Waals surface area contributed by atoms with Crippen molar-refractivity contribution < 1.29 is 9.15 Å². The molecule has 0 spiro atoms. The number of aromatic nitrogens is 1. The van der Waals surface area contributed by atoms with Crippen LogP contribution in [0.1, 0.15) is 16.8 Å². The molecule has 0 saturated heterocycles. The summed E-state index contributed by atoms with van der Waals surface area (Å²) in [5.41, 5.74) is 8.75. The highest BCUT2D eigenvalue weighted by Gasteiger charge is 2.16.